The molecular weight excluding hydrogens is 263 g/mol. The zero-order valence-corrected chi connectivity index (χ0v) is 10.9. The van der Waals surface area contributed by atoms with Crippen LogP contribution >= 0.6 is 0 Å². The Morgan fingerprint density at radius 2 is 0.368 bits per heavy atom. The normalized spacial score (nSPS) is 22.7. The fourth-order valence-electron chi connectivity index (χ4n) is 1.32. The van der Waals surface area contributed by atoms with E-state index in [2.05, 4.69) is 0 Å². The SMILES string of the molecule is C1COCCOCCOCCOCCOCCO1.[NaH]. The fraction of sp³-hybridized carbons (Fsp3) is 1.00. The summed E-state index contributed by atoms with van der Waals surface area (Å²) in [6, 6.07) is 0. The molecule has 0 unspecified atom stereocenters. The van der Waals surface area contributed by atoms with E-state index in [9.17, 15) is 0 Å². The van der Waals surface area contributed by atoms with E-state index in [1.54, 1.807) is 0 Å². The Bertz CT molecular complexity index is 97.2. The van der Waals surface area contributed by atoms with Gasteiger partial charge in [0.15, 0.2) is 0 Å². The molecular formula is C12H25NaO6. The molecule has 1 saturated heterocycles. The number of hydrogen-bond acceptors (Lipinski definition) is 6. The van der Waals surface area contributed by atoms with E-state index in [0.717, 1.165) is 0 Å². The van der Waals surface area contributed by atoms with Crippen molar-refractivity contribution in [2.75, 3.05) is 79.3 Å². The quantitative estimate of drug-likeness (QED) is 0.558. The molecule has 0 spiro atoms. The second kappa shape index (κ2) is 16.8. The van der Waals surface area contributed by atoms with E-state index in [1.165, 1.54) is 0 Å². The Labute approximate surface area is 137 Å². The summed E-state index contributed by atoms with van der Waals surface area (Å²) < 4.78 is 32.0. The van der Waals surface area contributed by atoms with Crippen molar-refractivity contribution in [2.24, 2.45) is 0 Å². The van der Waals surface area contributed by atoms with Gasteiger partial charge in [-0.25, -0.2) is 0 Å². The first-order chi connectivity index (χ1) is 9.00. The van der Waals surface area contributed by atoms with Gasteiger partial charge < -0.3 is 28.4 Å². The zero-order valence-electron chi connectivity index (χ0n) is 10.9. The first-order valence-electron chi connectivity index (χ1n) is 6.46. The molecule has 1 rings (SSSR count). The number of rotatable bonds is 0. The molecule has 0 radical (unpaired) electrons. The molecule has 0 aliphatic carbocycles. The van der Waals surface area contributed by atoms with Crippen LogP contribution in [0.1, 0.15) is 0 Å². The Morgan fingerprint density at radius 1 is 0.263 bits per heavy atom. The topological polar surface area (TPSA) is 55.4 Å². The van der Waals surface area contributed by atoms with Crippen molar-refractivity contribution in [3.05, 3.63) is 0 Å². The summed E-state index contributed by atoms with van der Waals surface area (Å²) in [7, 11) is 0. The summed E-state index contributed by atoms with van der Waals surface area (Å²) >= 11 is 0. The molecule has 1 heterocycles. The van der Waals surface area contributed by atoms with Gasteiger partial charge in [-0.2, -0.15) is 0 Å². The molecule has 6 nitrogen and oxygen atoms in total. The van der Waals surface area contributed by atoms with E-state index in [1.807, 2.05) is 0 Å². The predicted octanol–water partition coefficient (Wildman–Crippen LogP) is -0.549. The van der Waals surface area contributed by atoms with Crippen LogP contribution < -0.4 is 0 Å². The molecule has 0 aromatic rings. The van der Waals surface area contributed by atoms with Gasteiger partial charge in [-0.05, 0) is 0 Å². The third kappa shape index (κ3) is 15.0. The van der Waals surface area contributed by atoms with E-state index in [-0.39, 0.29) is 29.6 Å². The zero-order chi connectivity index (χ0) is 12.7. The maximum atomic E-state index is 5.33. The second-order valence-corrected chi connectivity index (χ2v) is 3.67. The first kappa shape index (κ1) is 19.8. The molecule has 1 aliphatic rings. The Hall–Kier alpha value is 0.760. The van der Waals surface area contributed by atoms with Crippen LogP contribution in [0.3, 0.4) is 0 Å². The number of hydrogen-bond donors (Lipinski definition) is 0. The van der Waals surface area contributed by atoms with Crippen molar-refractivity contribution < 1.29 is 28.4 Å². The minimum atomic E-state index is 0. The summed E-state index contributed by atoms with van der Waals surface area (Å²) in [5.74, 6) is 0. The van der Waals surface area contributed by atoms with E-state index >= 15 is 0 Å². The second-order valence-electron chi connectivity index (χ2n) is 3.67. The minimum absolute atomic E-state index is 0. The van der Waals surface area contributed by atoms with Gasteiger partial charge in [0.1, 0.15) is 0 Å². The van der Waals surface area contributed by atoms with Crippen LogP contribution in [0.4, 0.5) is 0 Å². The summed E-state index contributed by atoms with van der Waals surface area (Å²) in [5.41, 5.74) is 0. The molecule has 0 aromatic heterocycles. The van der Waals surface area contributed by atoms with Crippen LogP contribution in [-0.4, -0.2) is 109 Å². The first-order valence-corrected chi connectivity index (χ1v) is 6.46. The maximum absolute atomic E-state index is 5.33. The Kier molecular flexibility index (Phi) is 17.5. The molecule has 1 fully saturated rings. The standard InChI is InChI=1S/C12H24O6.Na.H/c1-2-14-5-6-16-9-10-18-12-11-17-8-7-15-4-3-13-1;;/h1-12H2;;. The van der Waals surface area contributed by atoms with Gasteiger partial charge in [0, 0.05) is 0 Å². The van der Waals surface area contributed by atoms with Crippen molar-refractivity contribution >= 4 is 29.6 Å². The molecule has 0 bridgehead atoms. The van der Waals surface area contributed by atoms with Gasteiger partial charge in [-0.15, -0.1) is 0 Å². The van der Waals surface area contributed by atoms with Crippen LogP contribution in [0, 0.1) is 0 Å². The van der Waals surface area contributed by atoms with E-state index < -0.39 is 0 Å². The predicted molar refractivity (Wildman–Crippen MR) is 72.1 cm³/mol. The summed E-state index contributed by atoms with van der Waals surface area (Å²) in [6.45, 7) is 7.04. The molecule has 7 heteroatoms. The van der Waals surface area contributed by atoms with Gasteiger partial charge in [0.2, 0.25) is 0 Å². The van der Waals surface area contributed by atoms with Crippen molar-refractivity contribution in [3.8, 4) is 0 Å². The van der Waals surface area contributed by atoms with Crippen LogP contribution in [-0.2, 0) is 28.4 Å². The van der Waals surface area contributed by atoms with Gasteiger partial charge >= 0.3 is 29.6 Å². The molecule has 1 aliphatic heterocycles. The molecule has 0 aromatic carbocycles. The van der Waals surface area contributed by atoms with Gasteiger partial charge in [-0.1, -0.05) is 0 Å². The van der Waals surface area contributed by atoms with Crippen LogP contribution in [0.25, 0.3) is 0 Å². The van der Waals surface area contributed by atoms with Gasteiger partial charge in [0.05, 0.1) is 79.3 Å². The Balaban J connectivity index is 0.00000324. The Morgan fingerprint density at radius 3 is 0.474 bits per heavy atom. The molecule has 0 N–H and O–H groups in total. The van der Waals surface area contributed by atoms with Gasteiger partial charge in [0.25, 0.3) is 0 Å². The van der Waals surface area contributed by atoms with Crippen molar-refractivity contribution in [1.29, 1.82) is 0 Å². The molecule has 0 saturated carbocycles. The van der Waals surface area contributed by atoms with E-state index in [0.29, 0.717) is 79.3 Å². The average Bonchev–Trinajstić information content (AvgIpc) is 2.39. The van der Waals surface area contributed by atoms with Crippen molar-refractivity contribution in [2.45, 2.75) is 0 Å². The third-order valence-electron chi connectivity index (χ3n) is 2.23. The van der Waals surface area contributed by atoms with Gasteiger partial charge in [-0.3, -0.25) is 0 Å². The van der Waals surface area contributed by atoms with Crippen LogP contribution in [0.5, 0.6) is 0 Å². The monoisotopic (exact) mass is 288 g/mol. The summed E-state index contributed by atoms with van der Waals surface area (Å²) in [6.07, 6.45) is 0. The molecule has 110 valence electrons. The summed E-state index contributed by atoms with van der Waals surface area (Å²) in [4.78, 5) is 0. The fourth-order valence-corrected chi connectivity index (χ4v) is 1.32. The summed E-state index contributed by atoms with van der Waals surface area (Å²) in [5, 5.41) is 0. The van der Waals surface area contributed by atoms with Crippen molar-refractivity contribution in [3.63, 3.8) is 0 Å². The van der Waals surface area contributed by atoms with Crippen molar-refractivity contribution in [1.82, 2.24) is 0 Å². The number of ether oxygens (including phenoxy) is 6. The third-order valence-corrected chi connectivity index (χ3v) is 2.23. The molecule has 19 heavy (non-hydrogen) atoms. The van der Waals surface area contributed by atoms with Crippen LogP contribution in [0.2, 0.25) is 0 Å². The molecule has 0 amide bonds. The van der Waals surface area contributed by atoms with Crippen LogP contribution in [0.15, 0.2) is 0 Å². The van der Waals surface area contributed by atoms with E-state index in [4.69, 9.17) is 28.4 Å². The average molecular weight is 288 g/mol. The molecule has 0 atom stereocenters.